The molecule has 3 aliphatic rings. The number of alkyl halides is 2. The van der Waals surface area contributed by atoms with Crippen molar-refractivity contribution in [3.63, 3.8) is 0 Å². The maximum absolute atomic E-state index is 14.4. The number of nitrogens with zero attached hydrogens (tertiary/aromatic N) is 2. The summed E-state index contributed by atoms with van der Waals surface area (Å²) < 4.78 is 46.2. The number of aromatic nitrogens is 2. The fraction of sp³-hybridized carbons (Fsp3) is 0.524. The minimum absolute atomic E-state index is 0.110. The summed E-state index contributed by atoms with van der Waals surface area (Å²) in [5, 5.41) is 7.60. The van der Waals surface area contributed by atoms with Crippen LogP contribution < -0.4 is 14.8 Å². The molecular formula is C21H22ClF2N3O4. The van der Waals surface area contributed by atoms with Gasteiger partial charge in [-0.3, -0.25) is 4.79 Å². The number of rotatable bonds is 7. The highest BCUT2D eigenvalue weighted by Gasteiger charge is 2.46. The zero-order valence-electron chi connectivity index (χ0n) is 16.7. The number of carbonyl (C=O) groups is 1. The molecular weight excluding hydrogens is 432 g/mol. The Morgan fingerprint density at radius 1 is 1.35 bits per heavy atom. The first-order chi connectivity index (χ1) is 14.9. The van der Waals surface area contributed by atoms with Crippen molar-refractivity contribution >= 4 is 17.5 Å². The van der Waals surface area contributed by atoms with E-state index in [9.17, 15) is 13.6 Å². The molecule has 0 radical (unpaired) electrons. The van der Waals surface area contributed by atoms with Crippen molar-refractivity contribution in [1.82, 2.24) is 15.1 Å². The third-order valence-corrected chi connectivity index (χ3v) is 5.89. The molecule has 5 rings (SSSR count). The van der Waals surface area contributed by atoms with Crippen molar-refractivity contribution < 1.29 is 27.8 Å². The van der Waals surface area contributed by atoms with Gasteiger partial charge in [0, 0.05) is 17.7 Å². The van der Waals surface area contributed by atoms with Gasteiger partial charge in [-0.1, -0.05) is 11.6 Å². The van der Waals surface area contributed by atoms with E-state index in [-0.39, 0.29) is 24.2 Å². The van der Waals surface area contributed by atoms with Gasteiger partial charge in [-0.05, 0) is 48.9 Å². The van der Waals surface area contributed by atoms with Crippen LogP contribution in [0.5, 0.6) is 11.6 Å². The van der Waals surface area contributed by atoms with Crippen molar-refractivity contribution in [2.24, 2.45) is 5.92 Å². The van der Waals surface area contributed by atoms with Gasteiger partial charge >= 0.3 is 5.92 Å². The van der Waals surface area contributed by atoms with Crippen LogP contribution in [0.1, 0.15) is 28.9 Å². The van der Waals surface area contributed by atoms with Gasteiger partial charge in [-0.2, -0.15) is 13.9 Å². The monoisotopic (exact) mass is 453 g/mol. The van der Waals surface area contributed by atoms with Crippen LogP contribution in [0, 0.1) is 5.92 Å². The van der Waals surface area contributed by atoms with Crippen LogP contribution in [-0.2, 0) is 17.7 Å². The molecule has 0 spiro atoms. The number of hydrogen-bond acceptors (Lipinski definition) is 5. The minimum Gasteiger partial charge on any atom is -0.491 e. The van der Waals surface area contributed by atoms with Gasteiger partial charge in [0.1, 0.15) is 19.0 Å². The molecule has 1 saturated carbocycles. The molecule has 3 heterocycles. The summed E-state index contributed by atoms with van der Waals surface area (Å²) in [4.78, 5) is 12.6. The normalized spacial score (nSPS) is 22.3. The van der Waals surface area contributed by atoms with E-state index in [1.54, 1.807) is 12.1 Å². The van der Waals surface area contributed by atoms with Crippen LogP contribution in [0.4, 0.5) is 8.78 Å². The van der Waals surface area contributed by atoms with Crippen molar-refractivity contribution in [1.29, 1.82) is 0 Å². The van der Waals surface area contributed by atoms with E-state index in [0.29, 0.717) is 30.6 Å². The van der Waals surface area contributed by atoms with E-state index >= 15 is 0 Å². The first-order valence-electron chi connectivity index (χ1n) is 10.3. The SMILES string of the molecule is O=C(N[C@H]1COc2ccc(Cl)cc2C1)c1cc2n(n1)CC(C(F)(F)COCC1CC1)O2. The molecule has 0 saturated heterocycles. The molecule has 2 aliphatic heterocycles. The van der Waals surface area contributed by atoms with Crippen LogP contribution in [0.3, 0.4) is 0 Å². The zero-order chi connectivity index (χ0) is 21.6. The highest BCUT2D eigenvalue weighted by Crippen LogP contribution is 2.34. The molecule has 7 nitrogen and oxygen atoms in total. The number of ether oxygens (including phenoxy) is 3. The molecule has 0 bridgehead atoms. The predicted octanol–water partition coefficient (Wildman–Crippen LogP) is 3.09. The smallest absolute Gasteiger partial charge is 0.308 e. The maximum Gasteiger partial charge on any atom is 0.308 e. The number of nitrogens with one attached hydrogen (secondary N) is 1. The van der Waals surface area contributed by atoms with Gasteiger partial charge in [-0.25, -0.2) is 4.68 Å². The standard InChI is InChI=1S/C21H22ClF2N3O4/c22-14-3-4-17-13(5-14)6-15(10-30-17)25-20(28)16-7-19-27(26-16)8-18(31-19)21(23,24)11-29-9-12-1-2-12/h3-5,7,12,15,18H,1-2,6,8-11H2,(H,25,28)/t15-,18?/m1/s1. The molecule has 1 unspecified atom stereocenters. The third kappa shape index (κ3) is 4.48. The van der Waals surface area contributed by atoms with Crippen LogP contribution >= 0.6 is 11.6 Å². The molecule has 1 aliphatic carbocycles. The Labute approximate surface area is 182 Å². The predicted molar refractivity (Wildman–Crippen MR) is 107 cm³/mol. The molecule has 31 heavy (non-hydrogen) atoms. The summed E-state index contributed by atoms with van der Waals surface area (Å²) in [5.74, 6) is -2.24. The molecule has 1 aromatic heterocycles. The second kappa shape index (κ2) is 7.94. The fourth-order valence-corrected chi connectivity index (χ4v) is 3.95. The molecule has 1 fully saturated rings. The Kier molecular flexibility index (Phi) is 5.26. The van der Waals surface area contributed by atoms with Crippen LogP contribution in [-0.4, -0.2) is 53.6 Å². The molecule has 166 valence electrons. The summed E-state index contributed by atoms with van der Waals surface area (Å²) in [6, 6.07) is 6.49. The lowest BCUT2D eigenvalue weighted by Gasteiger charge is -2.26. The van der Waals surface area contributed by atoms with Gasteiger partial charge in [0.2, 0.25) is 5.88 Å². The number of carbonyl (C=O) groups excluding carboxylic acids is 1. The van der Waals surface area contributed by atoms with Gasteiger partial charge in [-0.15, -0.1) is 0 Å². The summed E-state index contributed by atoms with van der Waals surface area (Å²) in [5.41, 5.74) is 1.02. The largest absolute Gasteiger partial charge is 0.491 e. The minimum atomic E-state index is -3.13. The van der Waals surface area contributed by atoms with Gasteiger partial charge in [0.05, 0.1) is 12.6 Å². The number of halogens is 3. The first-order valence-corrected chi connectivity index (χ1v) is 10.7. The van der Waals surface area contributed by atoms with E-state index in [0.717, 1.165) is 24.2 Å². The van der Waals surface area contributed by atoms with Crippen molar-refractivity contribution in [2.75, 3.05) is 19.8 Å². The average Bonchev–Trinajstić information content (AvgIpc) is 3.30. The van der Waals surface area contributed by atoms with Crippen LogP contribution in [0.25, 0.3) is 0 Å². The molecule has 1 N–H and O–H groups in total. The number of fused-ring (bicyclic) bond motifs is 2. The topological polar surface area (TPSA) is 74.6 Å². The number of hydrogen-bond donors (Lipinski definition) is 1. The Morgan fingerprint density at radius 3 is 2.97 bits per heavy atom. The number of amides is 1. The Bertz CT molecular complexity index is 971. The second-order valence-corrected chi connectivity index (χ2v) is 8.75. The fourth-order valence-electron chi connectivity index (χ4n) is 3.75. The summed E-state index contributed by atoms with van der Waals surface area (Å²) in [6.45, 7) is -0.140. The second-order valence-electron chi connectivity index (χ2n) is 8.31. The quantitative estimate of drug-likeness (QED) is 0.697. The van der Waals surface area contributed by atoms with E-state index in [4.69, 9.17) is 25.8 Å². The van der Waals surface area contributed by atoms with Crippen molar-refractivity contribution in [3.8, 4) is 11.6 Å². The third-order valence-electron chi connectivity index (χ3n) is 5.66. The lowest BCUT2D eigenvalue weighted by atomic mass is 10.0. The van der Waals surface area contributed by atoms with Crippen LogP contribution in [0.2, 0.25) is 5.02 Å². The van der Waals surface area contributed by atoms with Crippen LogP contribution in [0.15, 0.2) is 24.3 Å². The van der Waals surface area contributed by atoms with E-state index in [1.165, 1.54) is 10.7 Å². The molecule has 10 heteroatoms. The summed E-state index contributed by atoms with van der Waals surface area (Å²) in [6.07, 6.45) is 1.29. The van der Waals surface area contributed by atoms with Crippen molar-refractivity contribution in [3.05, 3.63) is 40.5 Å². The summed E-state index contributed by atoms with van der Waals surface area (Å²) >= 11 is 6.03. The molecule has 1 amide bonds. The Balaban J connectivity index is 1.16. The summed E-state index contributed by atoms with van der Waals surface area (Å²) in [7, 11) is 0. The van der Waals surface area contributed by atoms with Gasteiger partial charge in [0.15, 0.2) is 11.8 Å². The first kappa shape index (κ1) is 20.5. The Morgan fingerprint density at radius 2 is 2.19 bits per heavy atom. The molecule has 2 aromatic rings. The maximum atomic E-state index is 14.4. The van der Waals surface area contributed by atoms with Gasteiger partial charge < -0.3 is 19.5 Å². The lowest BCUT2D eigenvalue weighted by Crippen LogP contribution is -2.43. The highest BCUT2D eigenvalue weighted by atomic mass is 35.5. The van der Waals surface area contributed by atoms with E-state index in [1.807, 2.05) is 6.07 Å². The highest BCUT2D eigenvalue weighted by molar-refractivity contribution is 6.30. The van der Waals surface area contributed by atoms with Crippen molar-refractivity contribution in [2.45, 2.75) is 43.9 Å². The number of benzene rings is 1. The molecule has 2 atom stereocenters. The average molecular weight is 454 g/mol. The van der Waals surface area contributed by atoms with Gasteiger partial charge in [0.25, 0.3) is 5.91 Å². The van der Waals surface area contributed by atoms with E-state index < -0.39 is 24.5 Å². The zero-order valence-corrected chi connectivity index (χ0v) is 17.4. The Hall–Kier alpha value is -2.39. The van der Waals surface area contributed by atoms with E-state index in [2.05, 4.69) is 10.4 Å². The molecule has 1 aromatic carbocycles. The lowest BCUT2D eigenvalue weighted by molar-refractivity contribution is -0.137.